The van der Waals surface area contributed by atoms with Crippen LogP contribution in [0.4, 0.5) is 5.69 Å². The summed E-state index contributed by atoms with van der Waals surface area (Å²) in [5, 5.41) is 18.5. The van der Waals surface area contributed by atoms with Gasteiger partial charge in [0.05, 0.1) is 4.92 Å². The van der Waals surface area contributed by atoms with E-state index in [9.17, 15) is 10.1 Å². The predicted octanol–water partition coefficient (Wildman–Crippen LogP) is 3.53. The number of nitro groups is 1. The van der Waals surface area contributed by atoms with Gasteiger partial charge in [-0.3, -0.25) is 10.1 Å². The monoisotopic (exact) mass is 311 g/mol. The normalized spacial score (nSPS) is 10.5. The van der Waals surface area contributed by atoms with Crippen molar-refractivity contribution in [2.24, 2.45) is 0 Å². The zero-order valence-corrected chi connectivity index (χ0v) is 12.3. The van der Waals surface area contributed by atoms with Gasteiger partial charge in [0.15, 0.2) is 6.61 Å². The number of hydrogen-bond donors (Lipinski definition) is 0. The van der Waals surface area contributed by atoms with Crippen LogP contribution in [-0.4, -0.2) is 15.1 Å². The maximum Gasteiger partial charge on any atom is 0.269 e. The van der Waals surface area contributed by atoms with E-state index in [-0.39, 0.29) is 12.3 Å². The van der Waals surface area contributed by atoms with Gasteiger partial charge >= 0.3 is 0 Å². The van der Waals surface area contributed by atoms with Crippen LogP contribution in [0, 0.1) is 17.0 Å². The second kappa shape index (κ2) is 6.27. The molecule has 0 amide bonds. The number of ether oxygens (including phenoxy) is 1. The summed E-state index contributed by atoms with van der Waals surface area (Å²) in [5.74, 6) is 1.34. The Morgan fingerprint density at radius 2 is 1.78 bits per heavy atom. The van der Waals surface area contributed by atoms with E-state index < -0.39 is 4.92 Å². The van der Waals surface area contributed by atoms with E-state index >= 15 is 0 Å². The van der Waals surface area contributed by atoms with Gasteiger partial charge in [-0.05, 0) is 31.2 Å². The van der Waals surface area contributed by atoms with Crippen LogP contribution in [0.2, 0.25) is 0 Å². The van der Waals surface area contributed by atoms with Crippen LogP contribution < -0.4 is 4.74 Å². The van der Waals surface area contributed by atoms with Gasteiger partial charge in [0.1, 0.15) is 5.75 Å². The molecule has 1 heterocycles. The maximum absolute atomic E-state index is 10.6. The molecule has 23 heavy (non-hydrogen) atoms. The molecule has 0 bridgehead atoms. The Labute approximate surface area is 131 Å². The van der Waals surface area contributed by atoms with Crippen molar-refractivity contribution >= 4 is 5.69 Å². The Bertz CT molecular complexity index is 810. The van der Waals surface area contributed by atoms with E-state index in [0.29, 0.717) is 23.1 Å². The third-order valence-electron chi connectivity index (χ3n) is 3.18. The number of hydrogen-bond acceptors (Lipinski definition) is 6. The first-order chi connectivity index (χ1) is 11.1. The van der Waals surface area contributed by atoms with Crippen molar-refractivity contribution in [3.63, 3.8) is 0 Å². The summed E-state index contributed by atoms with van der Waals surface area (Å²) in [6.45, 7) is 2.15. The number of aromatic nitrogens is 2. The highest BCUT2D eigenvalue weighted by atomic mass is 16.6. The van der Waals surface area contributed by atoms with E-state index in [2.05, 4.69) is 10.2 Å². The molecule has 7 heteroatoms. The van der Waals surface area contributed by atoms with E-state index in [1.165, 1.54) is 12.1 Å². The third-order valence-corrected chi connectivity index (χ3v) is 3.18. The topological polar surface area (TPSA) is 91.3 Å². The number of nitro benzene ring substituents is 1. The molecular formula is C16H13N3O4. The van der Waals surface area contributed by atoms with E-state index in [4.69, 9.17) is 9.15 Å². The van der Waals surface area contributed by atoms with Gasteiger partial charge in [-0.1, -0.05) is 17.7 Å². The molecule has 0 saturated heterocycles. The molecule has 3 aromatic rings. The summed E-state index contributed by atoms with van der Waals surface area (Å²) in [4.78, 5) is 10.2. The van der Waals surface area contributed by atoms with E-state index in [1.807, 2.05) is 31.2 Å². The van der Waals surface area contributed by atoms with Crippen molar-refractivity contribution < 1.29 is 14.1 Å². The Balaban J connectivity index is 1.67. The second-order valence-corrected chi connectivity index (χ2v) is 4.91. The molecule has 0 aliphatic heterocycles. The van der Waals surface area contributed by atoms with Crippen molar-refractivity contribution in [3.8, 4) is 17.2 Å². The fourth-order valence-electron chi connectivity index (χ4n) is 1.93. The van der Waals surface area contributed by atoms with Crippen molar-refractivity contribution in [2.45, 2.75) is 13.5 Å². The summed E-state index contributed by atoms with van der Waals surface area (Å²) >= 11 is 0. The average Bonchev–Trinajstić information content (AvgIpc) is 3.03. The van der Waals surface area contributed by atoms with Crippen LogP contribution in [-0.2, 0) is 6.61 Å². The van der Waals surface area contributed by atoms with Gasteiger partial charge in [0.25, 0.3) is 11.6 Å². The third kappa shape index (κ3) is 3.52. The minimum absolute atomic E-state index is 0.0104. The van der Waals surface area contributed by atoms with Gasteiger partial charge < -0.3 is 9.15 Å². The van der Waals surface area contributed by atoms with E-state index in [1.54, 1.807) is 12.1 Å². The molecule has 0 atom stereocenters. The smallest absolute Gasteiger partial charge is 0.269 e. The summed E-state index contributed by atoms with van der Waals surface area (Å²) in [6, 6.07) is 13.5. The highest BCUT2D eigenvalue weighted by Gasteiger charge is 2.11. The van der Waals surface area contributed by atoms with Crippen molar-refractivity contribution in [1.82, 2.24) is 10.2 Å². The van der Waals surface area contributed by atoms with Gasteiger partial charge in [-0.15, -0.1) is 10.2 Å². The molecule has 0 N–H and O–H groups in total. The van der Waals surface area contributed by atoms with Crippen LogP contribution in [0.15, 0.2) is 52.9 Å². The maximum atomic E-state index is 10.6. The second-order valence-electron chi connectivity index (χ2n) is 4.91. The molecular weight excluding hydrogens is 298 g/mol. The molecule has 0 unspecified atom stereocenters. The lowest BCUT2D eigenvalue weighted by atomic mass is 10.2. The molecule has 2 aromatic carbocycles. The van der Waals surface area contributed by atoms with Crippen LogP contribution in [0.5, 0.6) is 5.75 Å². The highest BCUT2D eigenvalue weighted by molar-refractivity contribution is 5.55. The molecule has 0 aliphatic rings. The van der Waals surface area contributed by atoms with E-state index in [0.717, 1.165) is 5.56 Å². The van der Waals surface area contributed by atoms with Gasteiger partial charge in [-0.25, -0.2) is 0 Å². The van der Waals surface area contributed by atoms with Gasteiger partial charge in [-0.2, -0.15) is 0 Å². The summed E-state index contributed by atoms with van der Waals surface area (Å²) in [7, 11) is 0. The Kier molecular flexibility index (Phi) is 4.01. The Morgan fingerprint density at radius 3 is 2.43 bits per heavy atom. The largest absolute Gasteiger partial charge is 0.484 e. The fourth-order valence-corrected chi connectivity index (χ4v) is 1.93. The number of rotatable bonds is 5. The molecule has 7 nitrogen and oxygen atoms in total. The minimum atomic E-state index is -0.460. The number of aryl methyl sites for hydroxylation is 1. The summed E-state index contributed by atoms with van der Waals surface area (Å²) in [6.07, 6.45) is 0. The Hall–Kier alpha value is -3.22. The number of nitrogens with zero attached hydrogens (tertiary/aromatic N) is 3. The van der Waals surface area contributed by atoms with Crippen LogP contribution >= 0.6 is 0 Å². The SMILES string of the molecule is Cc1ccc(OCc2nnc(-c3ccc([N+](=O)[O-])cc3)o2)cc1. The highest BCUT2D eigenvalue weighted by Crippen LogP contribution is 2.21. The first-order valence-corrected chi connectivity index (χ1v) is 6.88. The lowest BCUT2D eigenvalue weighted by Crippen LogP contribution is -1.95. The van der Waals surface area contributed by atoms with Crippen LogP contribution in [0.1, 0.15) is 11.5 Å². The van der Waals surface area contributed by atoms with Crippen molar-refractivity contribution in [3.05, 3.63) is 70.1 Å². The molecule has 3 rings (SSSR count). The summed E-state index contributed by atoms with van der Waals surface area (Å²) < 4.78 is 11.1. The number of non-ortho nitro benzene ring substituents is 1. The lowest BCUT2D eigenvalue weighted by molar-refractivity contribution is -0.384. The Morgan fingerprint density at radius 1 is 1.09 bits per heavy atom. The average molecular weight is 311 g/mol. The van der Waals surface area contributed by atoms with Crippen molar-refractivity contribution in [2.75, 3.05) is 0 Å². The molecule has 116 valence electrons. The van der Waals surface area contributed by atoms with Gasteiger partial charge in [0.2, 0.25) is 5.89 Å². The first kappa shape index (κ1) is 14.7. The first-order valence-electron chi connectivity index (χ1n) is 6.88. The standard InChI is InChI=1S/C16H13N3O4/c1-11-2-8-14(9-3-11)22-10-15-17-18-16(23-15)12-4-6-13(7-5-12)19(20)21/h2-9H,10H2,1H3. The minimum Gasteiger partial charge on any atom is -0.484 e. The fraction of sp³-hybridized carbons (Fsp3) is 0.125. The molecule has 0 fully saturated rings. The predicted molar refractivity (Wildman–Crippen MR) is 81.9 cm³/mol. The van der Waals surface area contributed by atoms with Gasteiger partial charge in [0, 0.05) is 17.7 Å². The summed E-state index contributed by atoms with van der Waals surface area (Å²) in [5.41, 5.74) is 1.77. The zero-order chi connectivity index (χ0) is 16.2. The van der Waals surface area contributed by atoms with Crippen molar-refractivity contribution in [1.29, 1.82) is 0 Å². The molecule has 0 spiro atoms. The number of benzene rings is 2. The van der Waals surface area contributed by atoms with Crippen LogP contribution in [0.25, 0.3) is 11.5 Å². The molecule has 0 saturated carbocycles. The lowest BCUT2D eigenvalue weighted by Gasteiger charge is -2.02. The van der Waals surface area contributed by atoms with Crippen LogP contribution in [0.3, 0.4) is 0 Å². The quantitative estimate of drug-likeness (QED) is 0.528. The zero-order valence-electron chi connectivity index (χ0n) is 12.3. The molecule has 0 aliphatic carbocycles. The molecule has 1 aromatic heterocycles. The molecule has 0 radical (unpaired) electrons.